The van der Waals surface area contributed by atoms with Crippen LogP contribution in [-0.4, -0.2) is 26.8 Å². The first kappa shape index (κ1) is 11.0. The molecule has 0 radical (unpaired) electrons. The first-order valence-electron chi connectivity index (χ1n) is 4.25. The van der Waals surface area contributed by atoms with Crippen LogP contribution in [0.4, 0.5) is 0 Å². The molecule has 4 nitrogen and oxygen atoms in total. The molecule has 0 bridgehead atoms. The van der Waals surface area contributed by atoms with E-state index >= 15 is 0 Å². The van der Waals surface area contributed by atoms with E-state index in [0.29, 0.717) is 5.75 Å². The van der Waals surface area contributed by atoms with Crippen LogP contribution in [0.1, 0.15) is 17.9 Å². The zero-order valence-electron chi connectivity index (χ0n) is 8.15. The van der Waals surface area contributed by atoms with Crippen LogP contribution in [0, 0.1) is 13.8 Å². The molecule has 1 N–H and O–H groups in total. The van der Waals surface area contributed by atoms with Crippen LogP contribution in [0.15, 0.2) is 11.1 Å². The van der Waals surface area contributed by atoms with E-state index in [1.165, 1.54) is 11.8 Å². The first-order chi connectivity index (χ1) is 6.58. The Kier molecular flexibility index (Phi) is 3.88. The average molecular weight is 212 g/mol. The molecule has 0 atom stereocenters. The van der Waals surface area contributed by atoms with E-state index in [0.717, 1.165) is 16.5 Å². The Morgan fingerprint density at radius 1 is 1.50 bits per heavy atom. The van der Waals surface area contributed by atoms with Crippen LogP contribution >= 0.6 is 11.8 Å². The third kappa shape index (κ3) is 3.74. The molecule has 0 aromatic carbocycles. The number of aliphatic carboxylic acids is 1. The van der Waals surface area contributed by atoms with Crippen molar-refractivity contribution in [1.29, 1.82) is 0 Å². The van der Waals surface area contributed by atoms with Gasteiger partial charge >= 0.3 is 5.97 Å². The number of aromatic nitrogens is 2. The van der Waals surface area contributed by atoms with Gasteiger partial charge in [-0.05, 0) is 19.9 Å². The summed E-state index contributed by atoms with van der Waals surface area (Å²) in [6, 6.07) is 1.86. The quantitative estimate of drug-likeness (QED) is 0.607. The molecule has 1 aromatic heterocycles. The lowest BCUT2D eigenvalue weighted by Crippen LogP contribution is -1.97. The molecule has 0 aliphatic heterocycles. The predicted octanol–water partition coefficient (Wildman–Crippen LogP) is 1.66. The number of carboxylic acid groups (broad SMARTS) is 1. The molecule has 1 aromatic rings. The second-order valence-electron chi connectivity index (χ2n) is 2.89. The van der Waals surface area contributed by atoms with Crippen LogP contribution < -0.4 is 0 Å². The maximum Gasteiger partial charge on any atom is 0.304 e. The number of carboxylic acids is 1. The van der Waals surface area contributed by atoms with E-state index in [1.807, 2.05) is 19.9 Å². The molecule has 0 fully saturated rings. The number of hydrogen-bond donors (Lipinski definition) is 1. The molecule has 1 heterocycles. The predicted molar refractivity (Wildman–Crippen MR) is 54.5 cm³/mol. The van der Waals surface area contributed by atoms with Crippen molar-refractivity contribution in [3.8, 4) is 0 Å². The molecule has 0 spiro atoms. The highest BCUT2D eigenvalue weighted by atomic mass is 32.2. The first-order valence-corrected chi connectivity index (χ1v) is 5.23. The summed E-state index contributed by atoms with van der Waals surface area (Å²) in [4.78, 5) is 18.6. The van der Waals surface area contributed by atoms with Crippen LogP contribution in [0.25, 0.3) is 0 Å². The summed E-state index contributed by atoms with van der Waals surface area (Å²) in [5, 5.41) is 9.30. The Morgan fingerprint density at radius 2 is 2.21 bits per heavy atom. The van der Waals surface area contributed by atoms with Crippen LogP contribution in [-0.2, 0) is 4.79 Å². The summed E-state index contributed by atoms with van der Waals surface area (Å²) in [6.07, 6.45) is 0.159. The highest BCUT2D eigenvalue weighted by Gasteiger charge is 2.01. The highest BCUT2D eigenvalue weighted by Crippen LogP contribution is 2.16. The fourth-order valence-electron chi connectivity index (χ4n) is 1.000. The van der Waals surface area contributed by atoms with E-state index in [1.54, 1.807) is 0 Å². The van der Waals surface area contributed by atoms with Gasteiger partial charge in [-0.15, -0.1) is 11.8 Å². The minimum atomic E-state index is -0.778. The molecular weight excluding hydrogens is 200 g/mol. The van der Waals surface area contributed by atoms with Crippen LogP contribution in [0.3, 0.4) is 0 Å². The van der Waals surface area contributed by atoms with Gasteiger partial charge in [0.25, 0.3) is 0 Å². The number of carbonyl (C=O) groups is 1. The summed E-state index contributed by atoms with van der Waals surface area (Å²) < 4.78 is 0. The van der Waals surface area contributed by atoms with E-state index in [-0.39, 0.29) is 6.42 Å². The Labute approximate surface area is 86.8 Å². The summed E-state index contributed by atoms with van der Waals surface area (Å²) in [5.41, 5.74) is 0.912. The molecule has 0 aliphatic rings. The molecule has 5 heteroatoms. The van der Waals surface area contributed by atoms with Gasteiger partial charge in [-0.2, -0.15) is 0 Å². The Morgan fingerprint density at radius 3 is 2.79 bits per heavy atom. The Bertz CT molecular complexity index is 321. The molecule has 76 valence electrons. The van der Waals surface area contributed by atoms with Gasteiger partial charge in [0.15, 0.2) is 0 Å². The highest BCUT2D eigenvalue weighted by molar-refractivity contribution is 7.99. The minimum Gasteiger partial charge on any atom is -0.481 e. The summed E-state index contributed by atoms with van der Waals surface area (Å²) in [7, 11) is 0. The fourth-order valence-corrected chi connectivity index (χ4v) is 1.94. The van der Waals surface area contributed by atoms with E-state index in [4.69, 9.17) is 5.11 Å². The monoisotopic (exact) mass is 212 g/mol. The fraction of sp³-hybridized carbons (Fsp3) is 0.444. The molecule has 0 aliphatic carbocycles. The Balaban J connectivity index is 2.54. The maximum absolute atomic E-state index is 10.3. The van der Waals surface area contributed by atoms with Crippen molar-refractivity contribution >= 4 is 17.7 Å². The minimum absolute atomic E-state index is 0.159. The maximum atomic E-state index is 10.3. The van der Waals surface area contributed by atoms with Gasteiger partial charge in [0.2, 0.25) is 0 Å². The lowest BCUT2D eigenvalue weighted by Gasteiger charge is -2.01. The molecule has 0 saturated carbocycles. The lowest BCUT2D eigenvalue weighted by molar-refractivity contribution is -0.136. The molecule has 1 rings (SSSR count). The lowest BCUT2D eigenvalue weighted by atomic mass is 10.4. The summed E-state index contributed by atoms with van der Waals surface area (Å²) in [5.74, 6) is 0.494. The number of aryl methyl sites for hydroxylation is 2. The second kappa shape index (κ2) is 4.95. The van der Waals surface area contributed by atoms with Crippen molar-refractivity contribution < 1.29 is 9.90 Å². The number of hydrogen-bond acceptors (Lipinski definition) is 4. The summed E-state index contributed by atoms with van der Waals surface area (Å²) in [6.45, 7) is 3.73. The molecule has 0 amide bonds. The largest absolute Gasteiger partial charge is 0.481 e. The van der Waals surface area contributed by atoms with E-state index in [9.17, 15) is 4.79 Å². The van der Waals surface area contributed by atoms with E-state index < -0.39 is 5.97 Å². The van der Waals surface area contributed by atoms with E-state index in [2.05, 4.69) is 9.97 Å². The normalized spacial score (nSPS) is 10.1. The number of rotatable bonds is 4. The smallest absolute Gasteiger partial charge is 0.304 e. The number of thioether (sulfide) groups is 1. The van der Waals surface area contributed by atoms with Crippen LogP contribution in [0.2, 0.25) is 0 Å². The molecule has 14 heavy (non-hydrogen) atoms. The van der Waals surface area contributed by atoms with Gasteiger partial charge in [-0.1, -0.05) is 0 Å². The van der Waals surface area contributed by atoms with Crippen molar-refractivity contribution in [1.82, 2.24) is 9.97 Å². The summed E-state index contributed by atoms with van der Waals surface area (Å²) >= 11 is 1.45. The third-order valence-corrected chi connectivity index (χ3v) is 2.42. The SMILES string of the molecule is Cc1cc(SCCC(=O)O)nc(C)n1. The molecular formula is C9H12N2O2S. The topological polar surface area (TPSA) is 63.1 Å². The third-order valence-electron chi connectivity index (χ3n) is 1.51. The standard InChI is InChI=1S/C9H12N2O2S/c1-6-5-8(11-7(2)10-6)14-4-3-9(12)13/h5H,3-4H2,1-2H3,(H,12,13). The van der Waals surface area contributed by atoms with Gasteiger partial charge in [0.1, 0.15) is 5.82 Å². The number of nitrogens with zero attached hydrogens (tertiary/aromatic N) is 2. The Hall–Kier alpha value is -1.10. The molecule has 0 unspecified atom stereocenters. The van der Waals surface area contributed by atoms with Gasteiger partial charge in [0.05, 0.1) is 11.4 Å². The van der Waals surface area contributed by atoms with Crippen molar-refractivity contribution in [2.75, 3.05) is 5.75 Å². The van der Waals surface area contributed by atoms with Crippen molar-refractivity contribution in [2.45, 2.75) is 25.3 Å². The molecule has 0 saturated heterocycles. The van der Waals surface area contributed by atoms with Crippen molar-refractivity contribution in [3.05, 3.63) is 17.6 Å². The van der Waals surface area contributed by atoms with Gasteiger partial charge in [0, 0.05) is 11.4 Å². The zero-order chi connectivity index (χ0) is 10.6. The van der Waals surface area contributed by atoms with Crippen LogP contribution in [0.5, 0.6) is 0 Å². The zero-order valence-corrected chi connectivity index (χ0v) is 8.97. The average Bonchev–Trinajstić information content (AvgIpc) is 2.01. The van der Waals surface area contributed by atoms with Gasteiger partial charge in [-0.25, -0.2) is 9.97 Å². The second-order valence-corrected chi connectivity index (χ2v) is 4.00. The van der Waals surface area contributed by atoms with Crippen molar-refractivity contribution in [3.63, 3.8) is 0 Å². The van der Waals surface area contributed by atoms with Gasteiger partial charge < -0.3 is 5.11 Å². The van der Waals surface area contributed by atoms with Gasteiger partial charge in [-0.3, -0.25) is 4.79 Å². The van der Waals surface area contributed by atoms with Crippen molar-refractivity contribution in [2.24, 2.45) is 0 Å².